The highest BCUT2D eigenvalue weighted by Crippen LogP contribution is 2.07. The van der Waals surface area contributed by atoms with E-state index in [1.165, 1.54) is 10.9 Å². The maximum absolute atomic E-state index is 12.0. The van der Waals surface area contributed by atoms with Crippen LogP contribution in [-0.2, 0) is 6.54 Å². The maximum Gasteiger partial charge on any atom is 0.117 e. The van der Waals surface area contributed by atoms with Crippen molar-refractivity contribution in [1.82, 2.24) is 15.0 Å². The molecule has 0 aliphatic heterocycles. The van der Waals surface area contributed by atoms with E-state index in [0.29, 0.717) is 5.69 Å². The molecule has 0 aromatic carbocycles. The third-order valence-electron chi connectivity index (χ3n) is 1.68. The van der Waals surface area contributed by atoms with Crippen LogP contribution in [0.4, 0.5) is 4.39 Å². The Balaban J connectivity index is 2.70. The minimum absolute atomic E-state index is 0.0906. The highest BCUT2D eigenvalue weighted by Gasteiger charge is 2.11. The second kappa shape index (κ2) is 4.29. The summed E-state index contributed by atoms with van der Waals surface area (Å²) in [5, 5.41) is 16.3. The van der Waals surface area contributed by atoms with Crippen LogP contribution in [0.25, 0.3) is 0 Å². The van der Waals surface area contributed by atoms with E-state index in [4.69, 9.17) is 10.8 Å². The van der Waals surface area contributed by atoms with Crippen molar-refractivity contribution in [3.63, 3.8) is 0 Å². The van der Waals surface area contributed by atoms with Crippen LogP contribution in [0.2, 0.25) is 0 Å². The van der Waals surface area contributed by atoms with Crippen molar-refractivity contribution in [1.29, 1.82) is 0 Å². The van der Waals surface area contributed by atoms with Gasteiger partial charge in [-0.05, 0) is 6.92 Å². The van der Waals surface area contributed by atoms with Crippen molar-refractivity contribution >= 4 is 0 Å². The number of nitrogens with zero attached hydrogens (tertiary/aromatic N) is 3. The summed E-state index contributed by atoms with van der Waals surface area (Å²) < 4.78 is 13.4. The van der Waals surface area contributed by atoms with Gasteiger partial charge in [0.15, 0.2) is 0 Å². The fourth-order valence-electron chi connectivity index (χ4n) is 1.01. The van der Waals surface area contributed by atoms with Crippen molar-refractivity contribution in [2.24, 2.45) is 5.73 Å². The fraction of sp³-hybridized carbons (Fsp3) is 0.714. The molecule has 0 bridgehead atoms. The largest absolute Gasteiger partial charge is 0.388 e. The average molecular weight is 188 g/mol. The molecule has 3 N–H and O–H groups in total. The molecule has 1 aromatic rings. The zero-order valence-corrected chi connectivity index (χ0v) is 7.39. The van der Waals surface area contributed by atoms with Gasteiger partial charge < -0.3 is 10.8 Å². The second-order valence-electron chi connectivity index (χ2n) is 2.94. The monoisotopic (exact) mass is 188 g/mol. The van der Waals surface area contributed by atoms with E-state index >= 15 is 0 Å². The van der Waals surface area contributed by atoms with Gasteiger partial charge in [-0.1, -0.05) is 5.21 Å². The number of rotatable bonds is 4. The van der Waals surface area contributed by atoms with E-state index in [0.717, 1.165) is 0 Å². The van der Waals surface area contributed by atoms with Crippen molar-refractivity contribution < 1.29 is 9.50 Å². The molecule has 0 spiro atoms. The van der Waals surface area contributed by atoms with Gasteiger partial charge in [0.25, 0.3) is 0 Å². The lowest BCUT2D eigenvalue weighted by atomic mass is 10.2. The summed E-state index contributed by atoms with van der Waals surface area (Å²) in [6, 6.07) is -0.221. The molecule has 0 saturated heterocycles. The predicted octanol–water partition coefficient (Wildman–Crippen LogP) is -0.372. The first kappa shape index (κ1) is 10.1. The Kier molecular flexibility index (Phi) is 3.32. The van der Waals surface area contributed by atoms with E-state index in [9.17, 15) is 4.39 Å². The summed E-state index contributed by atoms with van der Waals surface area (Å²) in [6.45, 7) is 1.07. The Morgan fingerprint density at radius 1 is 1.77 bits per heavy atom. The van der Waals surface area contributed by atoms with Gasteiger partial charge in [0.05, 0.1) is 18.4 Å². The van der Waals surface area contributed by atoms with Crippen LogP contribution >= 0.6 is 0 Å². The third kappa shape index (κ3) is 2.46. The summed E-state index contributed by atoms with van der Waals surface area (Å²) in [4.78, 5) is 0. The van der Waals surface area contributed by atoms with Crippen LogP contribution in [-0.4, -0.2) is 32.9 Å². The Morgan fingerprint density at radius 3 is 3.00 bits per heavy atom. The Labute approximate surface area is 75.4 Å². The zero-order valence-electron chi connectivity index (χ0n) is 7.39. The van der Waals surface area contributed by atoms with Gasteiger partial charge in [0, 0.05) is 6.04 Å². The first-order valence-corrected chi connectivity index (χ1v) is 4.03. The predicted molar refractivity (Wildman–Crippen MR) is 44.6 cm³/mol. The van der Waals surface area contributed by atoms with Crippen LogP contribution in [0.1, 0.15) is 18.7 Å². The molecule has 0 aliphatic rings. The quantitative estimate of drug-likeness (QED) is 0.675. The molecule has 2 atom stereocenters. The molecule has 74 valence electrons. The van der Waals surface area contributed by atoms with Crippen molar-refractivity contribution in [3.8, 4) is 0 Å². The molecule has 13 heavy (non-hydrogen) atoms. The van der Waals surface area contributed by atoms with Crippen LogP contribution in [0.5, 0.6) is 0 Å². The highest BCUT2D eigenvalue weighted by molar-refractivity contribution is 4.99. The molecule has 1 rings (SSSR count). The SMILES string of the molecule is C[C@@H](N)c1cnnn1CC(O)CF. The van der Waals surface area contributed by atoms with E-state index < -0.39 is 12.8 Å². The van der Waals surface area contributed by atoms with Crippen molar-refractivity contribution in [2.75, 3.05) is 6.67 Å². The molecular formula is C7H13FN4O. The summed E-state index contributed by atoms with van der Waals surface area (Å²) >= 11 is 0. The molecule has 0 aliphatic carbocycles. The molecule has 0 radical (unpaired) electrons. The van der Waals surface area contributed by atoms with E-state index in [1.807, 2.05) is 0 Å². The smallest absolute Gasteiger partial charge is 0.117 e. The lowest BCUT2D eigenvalue weighted by molar-refractivity contribution is 0.116. The van der Waals surface area contributed by atoms with Crippen molar-refractivity contribution in [3.05, 3.63) is 11.9 Å². The number of alkyl halides is 1. The minimum atomic E-state index is -1.04. The van der Waals surface area contributed by atoms with Gasteiger partial charge in [0.1, 0.15) is 12.8 Å². The van der Waals surface area contributed by atoms with Gasteiger partial charge in [0.2, 0.25) is 0 Å². The standard InChI is InChI=1S/C7H13FN4O/c1-5(9)7-3-10-11-12(7)4-6(13)2-8/h3,5-6,13H,2,4,9H2,1H3/t5-,6?/m1/s1. The molecule has 1 aromatic heterocycles. The normalized spacial score (nSPS) is 15.7. The molecule has 1 unspecified atom stereocenters. The Hall–Kier alpha value is -1.01. The highest BCUT2D eigenvalue weighted by atomic mass is 19.1. The van der Waals surface area contributed by atoms with Crippen LogP contribution < -0.4 is 5.73 Å². The summed E-state index contributed by atoms with van der Waals surface area (Å²) in [7, 11) is 0. The maximum atomic E-state index is 12.0. The number of aromatic nitrogens is 3. The molecular weight excluding hydrogens is 175 g/mol. The first-order valence-electron chi connectivity index (χ1n) is 4.03. The number of aliphatic hydroxyl groups is 1. The summed E-state index contributed by atoms with van der Waals surface area (Å²) in [5.74, 6) is 0. The number of hydrogen-bond donors (Lipinski definition) is 2. The number of nitrogens with two attached hydrogens (primary N) is 1. The molecule has 0 saturated carbocycles. The van der Waals surface area contributed by atoms with E-state index in [2.05, 4.69) is 10.3 Å². The second-order valence-corrected chi connectivity index (χ2v) is 2.94. The number of aliphatic hydroxyl groups excluding tert-OH is 1. The topological polar surface area (TPSA) is 77.0 Å². The third-order valence-corrected chi connectivity index (χ3v) is 1.68. The summed E-state index contributed by atoms with van der Waals surface area (Å²) in [6.07, 6.45) is 0.467. The fourth-order valence-corrected chi connectivity index (χ4v) is 1.01. The van der Waals surface area contributed by atoms with Gasteiger partial charge in [-0.25, -0.2) is 9.07 Å². The van der Waals surface area contributed by atoms with Gasteiger partial charge in [-0.2, -0.15) is 0 Å². The Bertz CT molecular complexity index is 263. The molecule has 5 nitrogen and oxygen atoms in total. The lowest BCUT2D eigenvalue weighted by Crippen LogP contribution is -2.22. The number of halogens is 1. The zero-order chi connectivity index (χ0) is 9.84. The lowest BCUT2D eigenvalue weighted by Gasteiger charge is -2.10. The first-order chi connectivity index (χ1) is 6.15. The van der Waals surface area contributed by atoms with Crippen molar-refractivity contribution in [2.45, 2.75) is 25.6 Å². The molecule has 6 heteroatoms. The average Bonchev–Trinajstić information content (AvgIpc) is 2.52. The molecule has 0 fully saturated rings. The molecule has 1 heterocycles. The van der Waals surface area contributed by atoms with Crippen LogP contribution in [0, 0.1) is 0 Å². The van der Waals surface area contributed by atoms with Crippen LogP contribution in [0.3, 0.4) is 0 Å². The summed E-state index contributed by atoms with van der Waals surface area (Å²) in [5.41, 5.74) is 6.29. The number of hydrogen-bond acceptors (Lipinski definition) is 4. The Morgan fingerprint density at radius 2 is 2.46 bits per heavy atom. The van der Waals surface area contributed by atoms with Gasteiger partial charge in [-0.3, -0.25) is 0 Å². The van der Waals surface area contributed by atoms with Gasteiger partial charge >= 0.3 is 0 Å². The molecule has 0 amide bonds. The minimum Gasteiger partial charge on any atom is -0.388 e. The van der Waals surface area contributed by atoms with E-state index in [-0.39, 0.29) is 12.6 Å². The van der Waals surface area contributed by atoms with Crippen LogP contribution in [0.15, 0.2) is 6.20 Å². The van der Waals surface area contributed by atoms with E-state index in [1.54, 1.807) is 6.92 Å². The van der Waals surface area contributed by atoms with Gasteiger partial charge in [-0.15, -0.1) is 5.10 Å².